The lowest BCUT2D eigenvalue weighted by atomic mass is 10.0. The number of aryl methyl sites for hydroxylation is 2. The number of para-hydroxylation sites is 2. The maximum Gasteiger partial charge on any atom is 0.0998 e. The average molecular weight is 859 g/mol. The van der Waals surface area contributed by atoms with Crippen molar-refractivity contribution in [3.63, 3.8) is 0 Å². The molecular formula is C60H82N4. The Labute approximate surface area is 389 Å². The number of benzene rings is 3. The van der Waals surface area contributed by atoms with Crippen molar-refractivity contribution >= 4 is 45.1 Å². The van der Waals surface area contributed by atoms with Crippen molar-refractivity contribution in [1.29, 1.82) is 10.5 Å². The molecule has 0 unspecified atom stereocenters. The van der Waals surface area contributed by atoms with Gasteiger partial charge in [-0.1, -0.05) is 241 Å². The molecule has 0 aliphatic rings. The van der Waals surface area contributed by atoms with Crippen molar-refractivity contribution in [2.45, 2.75) is 207 Å². The molecule has 342 valence electrons. The molecule has 5 aromatic rings. The zero-order valence-corrected chi connectivity index (χ0v) is 40.2. The molecule has 4 heteroatoms. The van der Waals surface area contributed by atoms with Gasteiger partial charge >= 0.3 is 0 Å². The molecule has 2 heterocycles. The number of nitrogens with zero attached hydrogens (tertiary/aromatic N) is 4. The minimum Gasteiger partial charge on any atom is -0.347 e. The van der Waals surface area contributed by atoms with Crippen molar-refractivity contribution < 1.29 is 0 Å². The quantitative estimate of drug-likeness (QED) is 0.0306. The molecule has 0 saturated carbocycles. The average Bonchev–Trinajstić information content (AvgIpc) is 3.89. The van der Waals surface area contributed by atoms with E-state index in [0.29, 0.717) is 11.1 Å². The fourth-order valence-corrected chi connectivity index (χ4v) is 9.61. The van der Waals surface area contributed by atoms with Crippen LogP contribution in [0.25, 0.3) is 45.1 Å². The molecule has 0 N–H and O–H groups in total. The van der Waals surface area contributed by atoms with Gasteiger partial charge in [0.05, 0.1) is 23.3 Å². The van der Waals surface area contributed by atoms with Crippen LogP contribution in [0.15, 0.2) is 85.2 Å². The van der Waals surface area contributed by atoms with E-state index in [1.165, 1.54) is 178 Å². The molecule has 5 rings (SSSR count). The third kappa shape index (κ3) is 17.0. The van der Waals surface area contributed by atoms with Gasteiger partial charge in [-0.05, 0) is 48.3 Å². The minimum atomic E-state index is 0.670. The molecule has 3 aromatic carbocycles. The number of aromatic nitrogens is 2. The highest BCUT2D eigenvalue weighted by atomic mass is 15.0. The standard InChI is InChI=1S/C60H82N4/c1-3-5-7-9-11-13-15-17-19-21-23-25-27-33-43-63-49-57(55-35-29-31-37-59(55)63)53(47-61)45-51-39-41-52(42-40-51)46-54(48-62)58-50-64(60-38-32-30-36-56(58)60)44-34-28-26-24-22-20-18-16-14-12-10-8-6-4-2/h29-32,35-42,45-46,49-50H,3-28,33-34,43-44H2,1-2H3/b53-45+,54-46+. The predicted octanol–water partition coefficient (Wildman–Crippen LogP) is 18.7. The Morgan fingerprint density at radius 3 is 0.969 bits per heavy atom. The van der Waals surface area contributed by atoms with Crippen LogP contribution < -0.4 is 0 Å². The van der Waals surface area contributed by atoms with E-state index in [1.54, 1.807) is 0 Å². The highest BCUT2D eigenvalue weighted by Gasteiger charge is 2.14. The summed E-state index contributed by atoms with van der Waals surface area (Å²) in [6.45, 7) is 6.52. The van der Waals surface area contributed by atoms with Gasteiger partial charge in [-0.15, -0.1) is 0 Å². The molecular weight excluding hydrogens is 777 g/mol. The third-order valence-corrected chi connectivity index (χ3v) is 13.5. The Bertz CT molecular complexity index is 2040. The van der Waals surface area contributed by atoms with E-state index < -0.39 is 0 Å². The van der Waals surface area contributed by atoms with E-state index >= 15 is 0 Å². The first-order valence-electron chi connectivity index (χ1n) is 26.2. The van der Waals surface area contributed by atoms with Gasteiger partial charge in [0.25, 0.3) is 0 Å². The topological polar surface area (TPSA) is 57.4 Å². The highest BCUT2D eigenvalue weighted by molar-refractivity contribution is 6.03. The lowest BCUT2D eigenvalue weighted by Crippen LogP contribution is -1.96. The molecule has 0 fully saturated rings. The number of nitriles is 2. The summed E-state index contributed by atoms with van der Waals surface area (Å²) in [5, 5.41) is 23.1. The highest BCUT2D eigenvalue weighted by Crippen LogP contribution is 2.31. The molecule has 2 aromatic heterocycles. The summed E-state index contributed by atoms with van der Waals surface area (Å²) in [7, 11) is 0. The zero-order chi connectivity index (χ0) is 44.9. The van der Waals surface area contributed by atoms with Crippen molar-refractivity contribution in [2.24, 2.45) is 0 Å². The summed E-state index contributed by atoms with van der Waals surface area (Å²) >= 11 is 0. The monoisotopic (exact) mass is 859 g/mol. The van der Waals surface area contributed by atoms with E-state index in [1.807, 2.05) is 12.2 Å². The molecule has 64 heavy (non-hydrogen) atoms. The second-order valence-corrected chi connectivity index (χ2v) is 18.7. The van der Waals surface area contributed by atoms with Crippen LogP contribution in [0.4, 0.5) is 0 Å². The maximum atomic E-state index is 10.4. The van der Waals surface area contributed by atoms with Gasteiger partial charge < -0.3 is 9.13 Å². The van der Waals surface area contributed by atoms with Crippen LogP contribution in [0.1, 0.15) is 216 Å². The fraction of sp³-hybridized carbons (Fsp3) is 0.533. The summed E-state index contributed by atoms with van der Waals surface area (Å²) in [6, 6.07) is 30.3. The minimum absolute atomic E-state index is 0.670. The fourth-order valence-electron chi connectivity index (χ4n) is 9.61. The van der Waals surface area contributed by atoms with Gasteiger partial charge in [-0.2, -0.15) is 10.5 Å². The lowest BCUT2D eigenvalue weighted by molar-refractivity contribution is 0.526. The Morgan fingerprint density at radius 2 is 0.672 bits per heavy atom. The number of allylic oxidation sites excluding steroid dienone is 2. The van der Waals surface area contributed by atoms with E-state index in [9.17, 15) is 10.5 Å². The predicted molar refractivity (Wildman–Crippen MR) is 278 cm³/mol. The normalized spacial score (nSPS) is 12.1. The first-order valence-corrected chi connectivity index (χ1v) is 26.2. The van der Waals surface area contributed by atoms with Crippen molar-refractivity contribution in [3.8, 4) is 12.1 Å². The Balaban J connectivity index is 1.10. The number of hydrogen-bond acceptors (Lipinski definition) is 2. The number of rotatable bonds is 34. The van der Waals surface area contributed by atoms with Gasteiger partial charge in [0.2, 0.25) is 0 Å². The van der Waals surface area contributed by atoms with Crippen LogP contribution >= 0.6 is 0 Å². The number of fused-ring (bicyclic) bond motifs is 2. The van der Waals surface area contributed by atoms with E-state index in [-0.39, 0.29) is 0 Å². The summed E-state index contributed by atoms with van der Waals surface area (Å²) in [5.74, 6) is 0. The van der Waals surface area contributed by atoms with E-state index in [2.05, 4.69) is 120 Å². The lowest BCUT2D eigenvalue weighted by Gasteiger charge is -2.06. The summed E-state index contributed by atoms with van der Waals surface area (Å²) in [6.07, 6.45) is 46.4. The Kier molecular flexibility index (Phi) is 23.8. The number of hydrogen-bond donors (Lipinski definition) is 0. The summed E-state index contributed by atoms with van der Waals surface area (Å²) in [5.41, 5.74) is 7.65. The third-order valence-electron chi connectivity index (χ3n) is 13.5. The van der Waals surface area contributed by atoms with Gasteiger partial charge in [-0.25, -0.2) is 0 Å². The van der Waals surface area contributed by atoms with Crippen molar-refractivity contribution in [1.82, 2.24) is 9.13 Å². The molecule has 0 saturated heterocycles. The molecule has 0 aliphatic heterocycles. The maximum absolute atomic E-state index is 10.4. The van der Waals surface area contributed by atoms with Gasteiger partial charge in [0.1, 0.15) is 0 Å². The molecule has 0 spiro atoms. The summed E-state index contributed by atoms with van der Waals surface area (Å²) in [4.78, 5) is 0. The van der Waals surface area contributed by atoms with Gasteiger partial charge in [0, 0.05) is 58.4 Å². The SMILES string of the molecule is CCCCCCCCCCCCCCCCn1cc(/C(C#N)=C/c2ccc(/C=C(\C#N)c3cn(CCCCCCCCCCCCCCCC)c4ccccc34)cc2)c2ccccc21. The molecule has 0 radical (unpaired) electrons. The first kappa shape index (κ1) is 50.2. The number of unbranched alkanes of at least 4 members (excludes halogenated alkanes) is 26. The van der Waals surface area contributed by atoms with Crippen LogP contribution in [0.5, 0.6) is 0 Å². The first-order chi connectivity index (χ1) is 31.7. The van der Waals surface area contributed by atoms with Gasteiger partial charge in [0.15, 0.2) is 0 Å². The van der Waals surface area contributed by atoms with Crippen molar-refractivity contribution in [3.05, 3.63) is 107 Å². The largest absolute Gasteiger partial charge is 0.347 e. The van der Waals surface area contributed by atoms with Crippen LogP contribution in [0.3, 0.4) is 0 Å². The van der Waals surface area contributed by atoms with E-state index in [0.717, 1.165) is 59.0 Å². The summed E-state index contributed by atoms with van der Waals surface area (Å²) < 4.78 is 4.70. The van der Waals surface area contributed by atoms with Crippen molar-refractivity contribution in [2.75, 3.05) is 0 Å². The molecule has 0 bridgehead atoms. The molecule has 4 nitrogen and oxygen atoms in total. The van der Waals surface area contributed by atoms with Crippen LogP contribution in [0.2, 0.25) is 0 Å². The molecule has 0 aliphatic carbocycles. The molecule has 0 atom stereocenters. The van der Waals surface area contributed by atoms with Gasteiger partial charge in [-0.3, -0.25) is 0 Å². The van der Waals surface area contributed by atoms with Crippen LogP contribution in [-0.2, 0) is 13.1 Å². The Morgan fingerprint density at radius 1 is 0.391 bits per heavy atom. The second-order valence-electron chi connectivity index (χ2n) is 18.7. The Hall–Kier alpha value is -4.80. The van der Waals surface area contributed by atoms with Crippen LogP contribution in [-0.4, -0.2) is 9.13 Å². The smallest absolute Gasteiger partial charge is 0.0998 e. The zero-order valence-electron chi connectivity index (χ0n) is 40.2. The van der Waals surface area contributed by atoms with Crippen LogP contribution in [0, 0.1) is 22.7 Å². The molecule has 0 amide bonds. The second kappa shape index (κ2) is 30.4. The van der Waals surface area contributed by atoms with E-state index in [4.69, 9.17) is 0 Å².